The van der Waals surface area contributed by atoms with Gasteiger partial charge in [-0.15, -0.1) is 11.3 Å². The standard InChI is InChI=1S/C18H13ClF3N5OS/c1-8-6-12(18(20,21)22)27-15(24-8)13(19)14(26-27)16(28)25-17-10(7-23)9-4-2-3-5-11(9)29-17/h6H,2-5H2,1H3,(H,25,28). The van der Waals surface area contributed by atoms with E-state index in [1.54, 1.807) is 0 Å². The highest BCUT2D eigenvalue weighted by Crippen LogP contribution is 2.38. The number of nitriles is 1. The van der Waals surface area contributed by atoms with Crippen LogP contribution in [0.1, 0.15) is 50.7 Å². The number of aromatic nitrogens is 3. The van der Waals surface area contributed by atoms with Crippen molar-refractivity contribution in [1.29, 1.82) is 5.26 Å². The predicted molar refractivity (Wildman–Crippen MR) is 101 cm³/mol. The van der Waals surface area contributed by atoms with E-state index in [0.717, 1.165) is 42.2 Å². The summed E-state index contributed by atoms with van der Waals surface area (Å²) < 4.78 is 40.6. The van der Waals surface area contributed by atoms with Gasteiger partial charge in [0.25, 0.3) is 5.91 Å². The highest BCUT2D eigenvalue weighted by molar-refractivity contribution is 7.16. The third-order valence-electron chi connectivity index (χ3n) is 4.68. The number of fused-ring (bicyclic) bond motifs is 2. The van der Waals surface area contributed by atoms with E-state index >= 15 is 0 Å². The largest absolute Gasteiger partial charge is 0.433 e. The van der Waals surface area contributed by atoms with E-state index in [2.05, 4.69) is 21.5 Å². The van der Waals surface area contributed by atoms with Crippen LogP contribution in [0.3, 0.4) is 0 Å². The normalized spacial score (nSPS) is 13.9. The summed E-state index contributed by atoms with van der Waals surface area (Å²) in [7, 11) is 0. The minimum atomic E-state index is -4.70. The summed E-state index contributed by atoms with van der Waals surface area (Å²) in [4.78, 5) is 17.8. The molecular formula is C18H13ClF3N5OS. The molecule has 150 valence electrons. The van der Waals surface area contributed by atoms with Gasteiger partial charge in [-0.05, 0) is 44.2 Å². The van der Waals surface area contributed by atoms with Crippen molar-refractivity contribution in [3.05, 3.63) is 44.2 Å². The number of anilines is 1. The first-order chi connectivity index (χ1) is 13.7. The Morgan fingerprint density at radius 3 is 2.79 bits per heavy atom. The zero-order valence-electron chi connectivity index (χ0n) is 15.0. The average Bonchev–Trinajstić information content (AvgIpc) is 3.17. The van der Waals surface area contributed by atoms with Crippen LogP contribution in [0.15, 0.2) is 6.07 Å². The number of nitrogens with one attached hydrogen (secondary N) is 1. The Morgan fingerprint density at radius 2 is 2.10 bits per heavy atom. The van der Waals surface area contributed by atoms with E-state index in [1.165, 1.54) is 18.3 Å². The summed E-state index contributed by atoms with van der Waals surface area (Å²) in [6.07, 6.45) is -1.13. The van der Waals surface area contributed by atoms with Gasteiger partial charge in [0.2, 0.25) is 0 Å². The van der Waals surface area contributed by atoms with Crippen LogP contribution in [0.25, 0.3) is 5.65 Å². The number of carbonyl (C=O) groups excluding carboxylic acids is 1. The summed E-state index contributed by atoms with van der Waals surface area (Å²) in [6.45, 7) is 1.40. The second-order valence-electron chi connectivity index (χ2n) is 6.66. The first-order valence-corrected chi connectivity index (χ1v) is 9.89. The van der Waals surface area contributed by atoms with Gasteiger partial charge in [0, 0.05) is 10.6 Å². The number of hydrogen-bond acceptors (Lipinski definition) is 5. The first kappa shape index (κ1) is 19.7. The second-order valence-corrected chi connectivity index (χ2v) is 8.14. The molecule has 1 aliphatic carbocycles. The Morgan fingerprint density at radius 1 is 1.38 bits per heavy atom. The summed E-state index contributed by atoms with van der Waals surface area (Å²) in [5.74, 6) is -0.790. The lowest BCUT2D eigenvalue weighted by atomic mass is 9.96. The molecule has 11 heteroatoms. The van der Waals surface area contributed by atoms with E-state index in [-0.39, 0.29) is 22.1 Å². The van der Waals surface area contributed by atoms with E-state index in [1.807, 2.05) is 0 Å². The van der Waals surface area contributed by atoms with Gasteiger partial charge >= 0.3 is 6.18 Å². The van der Waals surface area contributed by atoms with Crippen molar-refractivity contribution in [3.8, 4) is 6.07 Å². The number of thiophene rings is 1. The Labute approximate surface area is 171 Å². The molecule has 3 heterocycles. The zero-order valence-corrected chi connectivity index (χ0v) is 16.6. The molecule has 0 saturated carbocycles. The van der Waals surface area contributed by atoms with Crippen LogP contribution in [-0.4, -0.2) is 20.5 Å². The molecular weight excluding hydrogens is 427 g/mol. The zero-order chi connectivity index (χ0) is 20.9. The quantitative estimate of drug-likeness (QED) is 0.623. The molecule has 0 radical (unpaired) electrons. The van der Waals surface area contributed by atoms with Crippen LogP contribution in [0.2, 0.25) is 5.02 Å². The fourth-order valence-electron chi connectivity index (χ4n) is 3.39. The van der Waals surface area contributed by atoms with Crippen molar-refractivity contribution < 1.29 is 18.0 Å². The summed E-state index contributed by atoms with van der Waals surface area (Å²) in [6, 6.07) is 2.95. The molecule has 0 aliphatic heterocycles. The maximum atomic E-state index is 13.3. The molecule has 0 atom stereocenters. The number of nitrogens with zero attached hydrogens (tertiary/aromatic N) is 4. The number of carbonyl (C=O) groups is 1. The summed E-state index contributed by atoms with van der Waals surface area (Å²) in [5.41, 5.74) is -0.304. The van der Waals surface area contributed by atoms with Gasteiger partial charge < -0.3 is 5.32 Å². The van der Waals surface area contributed by atoms with Gasteiger partial charge in [-0.3, -0.25) is 4.79 Å². The molecule has 1 amide bonds. The maximum Gasteiger partial charge on any atom is 0.433 e. The molecule has 3 aromatic rings. The lowest BCUT2D eigenvalue weighted by Gasteiger charge is -2.09. The molecule has 0 spiro atoms. The monoisotopic (exact) mass is 439 g/mol. The maximum absolute atomic E-state index is 13.3. The van der Waals surface area contributed by atoms with Crippen LogP contribution in [0.5, 0.6) is 0 Å². The van der Waals surface area contributed by atoms with Crippen molar-refractivity contribution in [2.24, 2.45) is 0 Å². The minimum absolute atomic E-state index is 0.0938. The molecule has 4 rings (SSSR count). The second kappa shape index (κ2) is 7.00. The molecule has 0 bridgehead atoms. The molecule has 0 fully saturated rings. The topological polar surface area (TPSA) is 83.1 Å². The Hall–Kier alpha value is -2.64. The van der Waals surface area contributed by atoms with Crippen molar-refractivity contribution in [2.45, 2.75) is 38.8 Å². The van der Waals surface area contributed by atoms with Gasteiger partial charge in [0.1, 0.15) is 21.8 Å². The average molecular weight is 440 g/mol. The van der Waals surface area contributed by atoms with E-state index < -0.39 is 17.8 Å². The highest BCUT2D eigenvalue weighted by atomic mass is 35.5. The van der Waals surface area contributed by atoms with Gasteiger partial charge in [0.15, 0.2) is 11.3 Å². The molecule has 1 N–H and O–H groups in total. The summed E-state index contributed by atoms with van der Waals surface area (Å²) in [5, 5.41) is 15.9. The van der Waals surface area contributed by atoms with Crippen LogP contribution in [0, 0.1) is 18.3 Å². The number of aryl methyl sites for hydroxylation is 2. The molecule has 6 nitrogen and oxygen atoms in total. The van der Waals surface area contributed by atoms with Crippen LogP contribution >= 0.6 is 22.9 Å². The third-order valence-corrected chi connectivity index (χ3v) is 6.23. The van der Waals surface area contributed by atoms with Crippen LogP contribution in [0.4, 0.5) is 18.2 Å². The fraction of sp³-hybridized carbons (Fsp3) is 0.333. The Balaban J connectivity index is 1.76. The predicted octanol–water partition coefficient (Wildman–Crippen LogP) is 4.77. The smallest absolute Gasteiger partial charge is 0.311 e. The number of alkyl halides is 3. The highest BCUT2D eigenvalue weighted by Gasteiger charge is 2.36. The number of hydrogen-bond donors (Lipinski definition) is 1. The fourth-order valence-corrected chi connectivity index (χ4v) is 4.88. The van der Waals surface area contributed by atoms with Gasteiger partial charge in [-0.1, -0.05) is 11.6 Å². The van der Waals surface area contributed by atoms with Gasteiger partial charge in [-0.25, -0.2) is 9.50 Å². The summed E-state index contributed by atoms with van der Waals surface area (Å²) >= 11 is 7.46. The van der Waals surface area contributed by atoms with Gasteiger partial charge in [0.05, 0.1) is 5.56 Å². The number of rotatable bonds is 2. The SMILES string of the molecule is Cc1cc(C(F)(F)F)n2nc(C(=O)Nc3sc4c(c3C#N)CCCC4)c(Cl)c2n1. The minimum Gasteiger partial charge on any atom is -0.311 e. The van der Waals surface area contributed by atoms with E-state index in [4.69, 9.17) is 11.6 Å². The molecule has 3 aromatic heterocycles. The van der Waals surface area contributed by atoms with Crippen molar-refractivity contribution in [2.75, 3.05) is 5.32 Å². The Kier molecular flexibility index (Phi) is 4.75. The van der Waals surface area contributed by atoms with E-state index in [0.29, 0.717) is 15.1 Å². The molecule has 0 saturated heterocycles. The molecule has 29 heavy (non-hydrogen) atoms. The lowest BCUT2D eigenvalue weighted by molar-refractivity contribution is -0.142. The van der Waals surface area contributed by atoms with Crippen LogP contribution < -0.4 is 5.32 Å². The lowest BCUT2D eigenvalue weighted by Crippen LogP contribution is -2.16. The Bertz CT molecular complexity index is 1190. The number of halogens is 4. The van der Waals surface area contributed by atoms with Crippen LogP contribution in [-0.2, 0) is 19.0 Å². The van der Waals surface area contributed by atoms with Crippen molar-refractivity contribution in [1.82, 2.24) is 14.6 Å². The number of amides is 1. The van der Waals surface area contributed by atoms with E-state index in [9.17, 15) is 23.2 Å². The molecule has 0 aromatic carbocycles. The van der Waals surface area contributed by atoms with Crippen molar-refractivity contribution >= 4 is 39.5 Å². The third kappa shape index (κ3) is 3.34. The molecule has 1 aliphatic rings. The van der Waals surface area contributed by atoms with Gasteiger partial charge in [-0.2, -0.15) is 23.5 Å². The molecule has 0 unspecified atom stereocenters. The van der Waals surface area contributed by atoms with Crippen molar-refractivity contribution in [3.63, 3.8) is 0 Å². The first-order valence-electron chi connectivity index (χ1n) is 8.69.